The molecule has 0 fully saturated rings. The summed E-state index contributed by atoms with van der Waals surface area (Å²) in [5.41, 5.74) is 0. The highest BCUT2D eigenvalue weighted by Gasteiger charge is 2.24. The highest BCUT2D eigenvalue weighted by atomic mass is 16.5. The number of rotatable bonds is 35. The van der Waals surface area contributed by atoms with Gasteiger partial charge in [0.2, 0.25) is 5.91 Å². The van der Waals surface area contributed by atoms with Crippen LogP contribution in [0.2, 0.25) is 0 Å². The monoisotopic (exact) mass is 764 g/mol. The minimum atomic E-state index is -1.04. The van der Waals surface area contributed by atoms with Crippen molar-refractivity contribution in [3.63, 3.8) is 0 Å². The number of carbonyl (C=O) groups is 3. The number of nitrogens with zero attached hydrogens (tertiary/aromatic N) is 1. The number of unbranched alkanes of at least 4 members (excludes halogenated alkanes) is 6. The van der Waals surface area contributed by atoms with Crippen LogP contribution < -0.4 is 5.32 Å². The maximum absolute atomic E-state index is 13.0. The van der Waals surface area contributed by atoms with Crippen molar-refractivity contribution in [3.8, 4) is 0 Å². The Kier molecular flexibility index (Phi) is 34.7. The SMILES string of the molecule is CCC=CCC=CCC=CCC=CCC=CCCCC(=O)OC(CCCCC=CCC=CCC=CCCCCC)CC(=O)NC(CCC[N+](C)(C)C)C(=O)O. The lowest BCUT2D eigenvalue weighted by Gasteiger charge is -2.25. The third-order valence-electron chi connectivity index (χ3n) is 8.74. The van der Waals surface area contributed by atoms with Crippen LogP contribution in [0.4, 0.5) is 0 Å². The molecule has 0 aliphatic rings. The van der Waals surface area contributed by atoms with Crippen molar-refractivity contribution in [2.45, 2.75) is 161 Å². The molecule has 0 saturated carbocycles. The number of quaternary nitrogens is 1. The van der Waals surface area contributed by atoms with Gasteiger partial charge in [-0.05, 0) is 109 Å². The highest BCUT2D eigenvalue weighted by Crippen LogP contribution is 2.14. The van der Waals surface area contributed by atoms with Gasteiger partial charge in [0.1, 0.15) is 12.1 Å². The van der Waals surface area contributed by atoms with Crippen LogP contribution in [0.1, 0.15) is 149 Å². The van der Waals surface area contributed by atoms with Crippen LogP contribution in [0.25, 0.3) is 0 Å². The van der Waals surface area contributed by atoms with Crippen molar-refractivity contribution in [1.29, 1.82) is 0 Å². The summed E-state index contributed by atoms with van der Waals surface area (Å²) in [6.45, 7) is 5.17. The largest absolute Gasteiger partial charge is 0.480 e. The first-order valence-electron chi connectivity index (χ1n) is 21.3. The van der Waals surface area contributed by atoms with Gasteiger partial charge in [-0.2, -0.15) is 0 Å². The van der Waals surface area contributed by atoms with Gasteiger partial charge in [0.05, 0.1) is 34.1 Å². The molecule has 2 N–H and O–H groups in total. The molecule has 0 aromatic rings. The molecular formula is C48H79N2O5+. The Morgan fingerprint density at radius 3 is 1.49 bits per heavy atom. The molecular weight excluding hydrogens is 685 g/mol. The Labute approximate surface area is 336 Å². The molecule has 0 saturated heterocycles. The van der Waals surface area contributed by atoms with Gasteiger partial charge in [-0.1, -0.05) is 124 Å². The van der Waals surface area contributed by atoms with E-state index in [1.54, 1.807) is 0 Å². The van der Waals surface area contributed by atoms with E-state index in [9.17, 15) is 19.5 Å². The summed E-state index contributed by atoms with van der Waals surface area (Å²) in [5.74, 6) is -1.75. The normalized spacial score (nSPS) is 14.0. The van der Waals surface area contributed by atoms with Gasteiger partial charge in [0.25, 0.3) is 0 Å². The second-order valence-electron chi connectivity index (χ2n) is 15.2. The number of amides is 1. The maximum atomic E-state index is 13.0. The topological polar surface area (TPSA) is 92.7 Å². The average Bonchev–Trinajstić information content (AvgIpc) is 3.13. The van der Waals surface area contributed by atoms with Gasteiger partial charge in [-0.3, -0.25) is 9.59 Å². The predicted molar refractivity (Wildman–Crippen MR) is 234 cm³/mol. The zero-order chi connectivity index (χ0) is 40.7. The molecule has 0 rings (SSSR count). The summed E-state index contributed by atoms with van der Waals surface area (Å²) in [5, 5.41) is 12.4. The van der Waals surface area contributed by atoms with Crippen LogP contribution in [0.5, 0.6) is 0 Å². The standard InChI is InChI=1S/C48H78N2O5/c1-6-8-10-12-14-16-18-20-22-23-25-27-29-31-33-35-37-41-47(52)55-44(43-46(51)49-45(48(53)54)40-38-42-50(3,4)5)39-36-34-32-30-28-26-24-21-19-17-15-13-11-9-7-2/h8,10,14-17,20-22,24-25,27-28,30-31,33,44-45H,6-7,9,11-13,18-19,23,26,29,32,34-43H2,1-5H3,(H-,49,51,53,54)/p+1. The van der Waals surface area contributed by atoms with E-state index in [2.05, 4.69) is 138 Å². The first kappa shape index (κ1) is 51.3. The quantitative estimate of drug-likeness (QED) is 0.0290. The number of hydrogen-bond donors (Lipinski definition) is 2. The second kappa shape index (κ2) is 37.2. The zero-order valence-corrected chi connectivity index (χ0v) is 35.5. The average molecular weight is 764 g/mol. The predicted octanol–water partition coefficient (Wildman–Crippen LogP) is 11.9. The Balaban J connectivity index is 4.75. The summed E-state index contributed by atoms with van der Waals surface area (Å²) < 4.78 is 6.53. The number of allylic oxidation sites excluding steroid dienone is 16. The fourth-order valence-electron chi connectivity index (χ4n) is 5.59. The van der Waals surface area contributed by atoms with Crippen molar-refractivity contribution < 1.29 is 28.7 Å². The molecule has 7 heteroatoms. The van der Waals surface area contributed by atoms with Crippen molar-refractivity contribution in [3.05, 3.63) is 97.2 Å². The molecule has 0 heterocycles. The van der Waals surface area contributed by atoms with E-state index in [1.807, 2.05) is 0 Å². The summed E-state index contributed by atoms with van der Waals surface area (Å²) in [7, 11) is 6.16. The fraction of sp³-hybridized carbons (Fsp3) is 0.604. The van der Waals surface area contributed by atoms with Crippen LogP contribution >= 0.6 is 0 Å². The molecule has 2 atom stereocenters. The molecule has 0 bridgehead atoms. The molecule has 2 unspecified atom stereocenters. The lowest BCUT2D eigenvalue weighted by atomic mass is 10.1. The number of carboxylic acid groups (broad SMARTS) is 1. The summed E-state index contributed by atoms with van der Waals surface area (Å²) in [6, 6.07) is -0.958. The van der Waals surface area contributed by atoms with E-state index in [0.717, 1.165) is 88.1 Å². The first-order chi connectivity index (χ1) is 26.6. The Morgan fingerprint density at radius 2 is 1.04 bits per heavy atom. The summed E-state index contributed by atoms with van der Waals surface area (Å²) >= 11 is 0. The van der Waals surface area contributed by atoms with Gasteiger partial charge in [-0.25, -0.2) is 4.79 Å². The Hall–Kier alpha value is -3.71. The number of hydrogen-bond acceptors (Lipinski definition) is 4. The first-order valence-corrected chi connectivity index (χ1v) is 21.3. The highest BCUT2D eigenvalue weighted by molar-refractivity contribution is 5.84. The number of aliphatic carboxylic acids is 1. The molecule has 0 spiro atoms. The fourth-order valence-corrected chi connectivity index (χ4v) is 5.59. The molecule has 1 amide bonds. The number of nitrogens with one attached hydrogen (secondary N) is 1. The van der Waals surface area contributed by atoms with Crippen LogP contribution in [0.3, 0.4) is 0 Å². The third kappa shape index (κ3) is 38.4. The molecule has 0 radical (unpaired) electrons. The number of ether oxygens (including phenoxy) is 1. The summed E-state index contributed by atoms with van der Waals surface area (Å²) in [4.78, 5) is 37.7. The van der Waals surface area contributed by atoms with Crippen molar-refractivity contribution >= 4 is 17.8 Å². The molecule has 0 aromatic heterocycles. The lowest BCUT2D eigenvalue weighted by Crippen LogP contribution is -2.43. The molecule has 0 aliphatic carbocycles. The maximum Gasteiger partial charge on any atom is 0.326 e. The van der Waals surface area contributed by atoms with Crippen molar-refractivity contribution in [2.75, 3.05) is 27.7 Å². The molecule has 0 aliphatic heterocycles. The van der Waals surface area contributed by atoms with Gasteiger partial charge >= 0.3 is 11.9 Å². The van der Waals surface area contributed by atoms with Crippen LogP contribution in [0, 0.1) is 0 Å². The second-order valence-corrected chi connectivity index (χ2v) is 15.2. The van der Waals surface area contributed by atoms with Gasteiger partial charge < -0.3 is 19.6 Å². The van der Waals surface area contributed by atoms with E-state index in [1.165, 1.54) is 19.3 Å². The van der Waals surface area contributed by atoms with Crippen molar-refractivity contribution in [2.24, 2.45) is 0 Å². The van der Waals surface area contributed by atoms with E-state index in [-0.39, 0.29) is 18.8 Å². The number of carboxylic acids is 1. The minimum absolute atomic E-state index is 0.0344. The third-order valence-corrected chi connectivity index (χ3v) is 8.74. The Morgan fingerprint density at radius 1 is 0.582 bits per heavy atom. The van der Waals surface area contributed by atoms with Gasteiger partial charge in [-0.15, -0.1) is 0 Å². The van der Waals surface area contributed by atoms with Crippen molar-refractivity contribution in [1.82, 2.24) is 5.32 Å². The minimum Gasteiger partial charge on any atom is -0.480 e. The van der Waals surface area contributed by atoms with E-state index < -0.39 is 24.0 Å². The van der Waals surface area contributed by atoms with Gasteiger partial charge in [0, 0.05) is 6.42 Å². The smallest absolute Gasteiger partial charge is 0.326 e. The molecule has 310 valence electrons. The molecule has 55 heavy (non-hydrogen) atoms. The number of esters is 1. The van der Waals surface area contributed by atoms with E-state index in [0.29, 0.717) is 25.7 Å². The number of carbonyl (C=O) groups excluding carboxylic acids is 2. The lowest BCUT2D eigenvalue weighted by molar-refractivity contribution is -0.870. The van der Waals surface area contributed by atoms with Gasteiger partial charge in [0.15, 0.2) is 0 Å². The van der Waals surface area contributed by atoms with Crippen LogP contribution in [-0.4, -0.2) is 67.3 Å². The zero-order valence-electron chi connectivity index (χ0n) is 35.5. The Bertz CT molecular complexity index is 1220. The molecule has 0 aromatic carbocycles. The van der Waals surface area contributed by atoms with E-state index in [4.69, 9.17) is 4.74 Å². The summed E-state index contributed by atoms with van der Waals surface area (Å²) in [6.07, 6.45) is 51.9. The van der Waals surface area contributed by atoms with Crippen LogP contribution in [-0.2, 0) is 19.1 Å². The van der Waals surface area contributed by atoms with Crippen LogP contribution in [0.15, 0.2) is 97.2 Å². The van der Waals surface area contributed by atoms with E-state index >= 15 is 0 Å². The molecule has 7 nitrogen and oxygen atoms in total.